The number of carbonyl (C=O) groups excluding carboxylic acids is 3. The van der Waals surface area contributed by atoms with Gasteiger partial charge in [0, 0.05) is 48.4 Å². The molecule has 4 fully saturated rings. The van der Waals surface area contributed by atoms with Gasteiger partial charge >= 0.3 is 12.1 Å². The minimum absolute atomic E-state index is 0.111. The molecule has 4 bridgehead atoms. The third kappa shape index (κ3) is 5.87. The standard InChI is InChI=1S/C33H40N4O5/c1-33(18-25-19-35-28-9-4-3-8-27(25)28,31(39)37(20-29(38)41-2)12-10-26-7-5-6-11-34-26)36-32(40)42-30-23-14-21-13-22(16-23)17-24(30)15-21/h3-9,11,19,21-24,30,35H,10,12-18,20H2,1-2H3,(H,36,40)/t21?,22?,23?,24?,30?,33-/m1/s1. The number of hydrogen-bond acceptors (Lipinski definition) is 6. The molecule has 0 saturated heterocycles. The molecule has 1 atom stereocenters. The van der Waals surface area contributed by atoms with Gasteiger partial charge in [0.15, 0.2) is 0 Å². The van der Waals surface area contributed by atoms with E-state index in [0.29, 0.717) is 18.3 Å². The van der Waals surface area contributed by atoms with Gasteiger partial charge in [0.25, 0.3) is 0 Å². The highest BCUT2D eigenvalue weighted by molar-refractivity contribution is 5.93. The number of rotatable bonds is 10. The van der Waals surface area contributed by atoms with Crippen LogP contribution in [0.4, 0.5) is 4.79 Å². The molecule has 3 aromatic rings. The van der Waals surface area contributed by atoms with Crippen molar-refractivity contribution in [3.63, 3.8) is 0 Å². The van der Waals surface area contributed by atoms with Crippen molar-refractivity contribution >= 4 is 28.9 Å². The van der Waals surface area contributed by atoms with E-state index in [2.05, 4.69) is 15.3 Å². The number of esters is 1. The molecule has 4 aliphatic rings. The molecule has 0 spiro atoms. The summed E-state index contributed by atoms with van der Waals surface area (Å²) in [5.74, 6) is 1.41. The SMILES string of the molecule is COC(=O)CN(CCc1ccccn1)C(=O)[C@@](C)(Cc1c[nH]c2ccccc12)NC(=O)OC1C2CC3CC(C2)CC1C3. The third-order valence-corrected chi connectivity index (χ3v) is 9.65. The molecule has 42 heavy (non-hydrogen) atoms. The van der Waals surface area contributed by atoms with E-state index in [4.69, 9.17) is 9.47 Å². The number of fused-ring (bicyclic) bond motifs is 1. The van der Waals surface area contributed by atoms with E-state index in [0.717, 1.165) is 59.7 Å². The van der Waals surface area contributed by atoms with Crippen LogP contribution in [-0.4, -0.2) is 64.7 Å². The van der Waals surface area contributed by atoms with Gasteiger partial charge in [-0.15, -0.1) is 0 Å². The van der Waals surface area contributed by atoms with E-state index in [-0.39, 0.29) is 31.5 Å². The van der Waals surface area contributed by atoms with Gasteiger partial charge in [-0.05, 0) is 86.5 Å². The number of para-hydroxylation sites is 1. The summed E-state index contributed by atoms with van der Waals surface area (Å²) in [6.07, 6.45) is 9.36. The van der Waals surface area contributed by atoms with E-state index in [1.807, 2.05) is 48.7 Å². The number of aromatic amines is 1. The lowest BCUT2D eigenvalue weighted by atomic mass is 9.55. The van der Waals surface area contributed by atoms with E-state index < -0.39 is 17.6 Å². The van der Waals surface area contributed by atoms with Gasteiger partial charge in [0.2, 0.25) is 5.91 Å². The van der Waals surface area contributed by atoms with Gasteiger partial charge in [-0.2, -0.15) is 0 Å². The fraction of sp³-hybridized carbons (Fsp3) is 0.515. The number of H-pyrrole nitrogens is 1. The van der Waals surface area contributed by atoms with E-state index >= 15 is 0 Å². The molecule has 2 amide bonds. The van der Waals surface area contributed by atoms with Gasteiger partial charge in [-0.1, -0.05) is 24.3 Å². The smallest absolute Gasteiger partial charge is 0.408 e. The second kappa shape index (κ2) is 11.8. The van der Waals surface area contributed by atoms with Crippen molar-refractivity contribution in [3.05, 3.63) is 66.1 Å². The van der Waals surface area contributed by atoms with Crippen molar-refractivity contribution in [2.24, 2.45) is 23.7 Å². The van der Waals surface area contributed by atoms with E-state index in [1.165, 1.54) is 18.4 Å². The molecule has 4 aliphatic carbocycles. The molecule has 222 valence electrons. The Balaban J connectivity index is 1.25. The van der Waals surface area contributed by atoms with Crippen LogP contribution in [0.5, 0.6) is 0 Å². The zero-order valence-corrected chi connectivity index (χ0v) is 24.4. The molecule has 2 N–H and O–H groups in total. The van der Waals surface area contributed by atoms with Crippen LogP contribution in [0.3, 0.4) is 0 Å². The Hall–Kier alpha value is -3.88. The summed E-state index contributed by atoms with van der Waals surface area (Å²) >= 11 is 0. The Morgan fingerprint density at radius 1 is 1.02 bits per heavy atom. The summed E-state index contributed by atoms with van der Waals surface area (Å²) in [7, 11) is 1.30. The third-order valence-electron chi connectivity index (χ3n) is 9.65. The molecule has 9 nitrogen and oxygen atoms in total. The molecule has 2 heterocycles. The highest BCUT2D eigenvalue weighted by Crippen LogP contribution is 2.54. The second-order valence-corrected chi connectivity index (χ2v) is 12.7. The Morgan fingerprint density at radius 2 is 1.74 bits per heavy atom. The minimum atomic E-state index is -1.38. The molecule has 2 aromatic heterocycles. The summed E-state index contributed by atoms with van der Waals surface area (Å²) in [6.45, 7) is 1.72. The summed E-state index contributed by atoms with van der Waals surface area (Å²) < 4.78 is 11.1. The monoisotopic (exact) mass is 572 g/mol. The first-order valence-corrected chi connectivity index (χ1v) is 15.1. The molecule has 7 rings (SSSR count). The first-order valence-electron chi connectivity index (χ1n) is 15.1. The predicted octanol–water partition coefficient (Wildman–Crippen LogP) is 4.66. The number of aromatic nitrogens is 2. The molecule has 0 radical (unpaired) electrons. The number of benzene rings is 1. The van der Waals surface area contributed by atoms with Crippen LogP contribution in [0.15, 0.2) is 54.9 Å². The van der Waals surface area contributed by atoms with Crippen LogP contribution in [-0.2, 0) is 31.9 Å². The number of amides is 2. The van der Waals surface area contributed by atoms with Crippen molar-refractivity contribution in [2.45, 2.75) is 63.5 Å². The zero-order valence-electron chi connectivity index (χ0n) is 24.4. The maximum atomic E-state index is 14.4. The summed E-state index contributed by atoms with van der Waals surface area (Å²) in [5, 5.41) is 3.96. The van der Waals surface area contributed by atoms with Crippen LogP contribution in [0.2, 0.25) is 0 Å². The average molecular weight is 573 g/mol. The number of alkyl carbamates (subject to hydrolysis) is 1. The lowest BCUT2D eigenvalue weighted by molar-refractivity contribution is -0.149. The Labute approximate surface area is 246 Å². The van der Waals surface area contributed by atoms with Crippen LogP contribution in [0, 0.1) is 23.7 Å². The van der Waals surface area contributed by atoms with Gasteiger partial charge in [-0.3, -0.25) is 14.6 Å². The van der Waals surface area contributed by atoms with E-state index in [9.17, 15) is 14.4 Å². The topological polar surface area (TPSA) is 114 Å². The number of pyridine rings is 1. The normalized spacial score (nSPS) is 25.5. The number of ether oxygens (including phenoxy) is 2. The Morgan fingerprint density at radius 3 is 2.43 bits per heavy atom. The van der Waals surface area contributed by atoms with Gasteiger partial charge < -0.3 is 24.7 Å². The highest BCUT2D eigenvalue weighted by Gasteiger charge is 2.50. The van der Waals surface area contributed by atoms with E-state index in [1.54, 1.807) is 13.1 Å². The highest BCUT2D eigenvalue weighted by atomic mass is 16.6. The van der Waals surface area contributed by atoms with Crippen molar-refractivity contribution in [3.8, 4) is 0 Å². The maximum Gasteiger partial charge on any atom is 0.408 e. The average Bonchev–Trinajstić information content (AvgIpc) is 3.39. The first-order chi connectivity index (χ1) is 20.3. The fourth-order valence-corrected chi connectivity index (χ4v) is 7.90. The zero-order chi connectivity index (χ0) is 29.3. The first kappa shape index (κ1) is 28.2. The number of hydrogen-bond donors (Lipinski definition) is 2. The predicted molar refractivity (Wildman–Crippen MR) is 157 cm³/mol. The van der Waals surface area contributed by atoms with Crippen LogP contribution >= 0.6 is 0 Å². The van der Waals surface area contributed by atoms with Crippen molar-refractivity contribution in [1.82, 2.24) is 20.2 Å². The van der Waals surface area contributed by atoms with Crippen molar-refractivity contribution < 1.29 is 23.9 Å². The summed E-state index contributed by atoms with van der Waals surface area (Å²) in [4.78, 5) is 49.5. The quantitative estimate of drug-likeness (QED) is 0.342. The van der Waals surface area contributed by atoms with Crippen LogP contribution in [0.25, 0.3) is 10.9 Å². The van der Waals surface area contributed by atoms with Crippen LogP contribution in [0.1, 0.15) is 50.3 Å². The Bertz CT molecular complexity index is 1410. The number of nitrogens with one attached hydrogen (secondary N) is 2. The van der Waals surface area contributed by atoms with Crippen molar-refractivity contribution in [2.75, 3.05) is 20.2 Å². The molecule has 9 heteroatoms. The van der Waals surface area contributed by atoms with Gasteiger partial charge in [0.1, 0.15) is 18.2 Å². The lowest BCUT2D eigenvalue weighted by Crippen LogP contribution is -2.61. The fourth-order valence-electron chi connectivity index (χ4n) is 7.90. The largest absolute Gasteiger partial charge is 0.468 e. The molecule has 0 unspecified atom stereocenters. The molecule has 4 saturated carbocycles. The summed E-state index contributed by atoms with van der Waals surface area (Å²) in [5.41, 5.74) is 1.25. The second-order valence-electron chi connectivity index (χ2n) is 12.7. The maximum absolute atomic E-state index is 14.4. The minimum Gasteiger partial charge on any atom is -0.468 e. The van der Waals surface area contributed by atoms with Gasteiger partial charge in [0.05, 0.1) is 7.11 Å². The number of nitrogens with zero attached hydrogens (tertiary/aromatic N) is 2. The molecular weight excluding hydrogens is 532 g/mol. The van der Waals surface area contributed by atoms with Crippen molar-refractivity contribution in [1.29, 1.82) is 0 Å². The lowest BCUT2D eigenvalue weighted by Gasteiger charge is -2.53. The van der Waals surface area contributed by atoms with Crippen LogP contribution < -0.4 is 5.32 Å². The Kier molecular flexibility index (Phi) is 7.92. The summed E-state index contributed by atoms with van der Waals surface area (Å²) in [6, 6.07) is 13.5. The molecular formula is C33H40N4O5. The van der Waals surface area contributed by atoms with Gasteiger partial charge in [-0.25, -0.2) is 4.79 Å². The molecule has 0 aliphatic heterocycles. The number of carbonyl (C=O) groups is 3. The molecule has 1 aromatic carbocycles. The number of methoxy groups -OCH3 is 1.